The number of carboxylic acid groups (broad SMARTS) is 1. The van der Waals surface area contributed by atoms with Crippen LogP contribution in [0.4, 0.5) is 8.78 Å². The number of aromatic hydroxyl groups is 1. The number of aliphatic carboxylic acids is 1. The standard InChI is InChI=1S/C9H8F2O6S/c1-18(16,17)8-4(10)2-3(6(12)5(8)11)7(13)9(14)15/h2,7,12-13H,1H3,(H,14,15). The molecule has 1 atom stereocenters. The number of hydrogen-bond donors (Lipinski definition) is 3. The first-order chi connectivity index (χ1) is 8.07. The molecule has 0 radical (unpaired) electrons. The van der Waals surface area contributed by atoms with Crippen molar-refractivity contribution in [3.05, 3.63) is 23.3 Å². The Hall–Kier alpha value is -1.74. The molecular weight excluding hydrogens is 274 g/mol. The Kier molecular flexibility index (Phi) is 3.58. The molecule has 0 bridgehead atoms. The predicted molar refractivity (Wildman–Crippen MR) is 53.7 cm³/mol. The van der Waals surface area contributed by atoms with E-state index in [2.05, 4.69) is 0 Å². The topological polar surface area (TPSA) is 112 Å². The molecule has 1 unspecified atom stereocenters. The number of benzene rings is 1. The highest BCUT2D eigenvalue weighted by atomic mass is 32.2. The zero-order chi connectivity index (χ0) is 14.2. The minimum Gasteiger partial charge on any atom is -0.505 e. The summed E-state index contributed by atoms with van der Waals surface area (Å²) in [7, 11) is -4.29. The molecular formula is C9H8F2O6S. The quantitative estimate of drug-likeness (QED) is 0.729. The van der Waals surface area contributed by atoms with Gasteiger partial charge < -0.3 is 15.3 Å². The van der Waals surface area contributed by atoms with Crippen molar-refractivity contribution >= 4 is 15.8 Å². The first-order valence-corrected chi connectivity index (χ1v) is 6.28. The summed E-state index contributed by atoms with van der Waals surface area (Å²) in [6.07, 6.45) is -1.86. The van der Waals surface area contributed by atoms with Crippen LogP contribution in [0.2, 0.25) is 0 Å². The first kappa shape index (κ1) is 14.3. The van der Waals surface area contributed by atoms with Crippen LogP contribution < -0.4 is 0 Å². The predicted octanol–water partition coefficient (Wildman–Crippen LogP) is 0.192. The number of phenolic OH excluding ortho intramolecular Hbond substituents is 1. The number of carbonyl (C=O) groups is 1. The van der Waals surface area contributed by atoms with Gasteiger partial charge in [0.1, 0.15) is 10.7 Å². The molecule has 0 heterocycles. The highest BCUT2D eigenvalue weighted by Crippen LogP contribution is 2.33. The summed E-state index contributed by atoms with van der Waals surface area (Å²) in [5.41, 5.74) is -0.968. The van der Waals surface area contributed by atoms with Gasteiger partial charge in [-0.3, -0.25) is 0 Å². The highest BCUT2D eigenvalue weighted by Gasteiger charge is 2.29. The zero-order valence-corrected chi connectivity index (χ0v) is 9.70. The van der Waals surface area contributed by atoms with Gasteiger partial charge in [-0.05, 0) is 6.07 Å². The first-order valence-electron chi connectivity index (χ1n) is 4.39. The number of phenols is 1. The van der Waals surface area contributed by atoms with E-state index < -0.39 is 49.8 Å². The summed E-state index contributed by atoms with van der Waals surface area (Å²) in [5.74, 6) is -6.71. The molecule has 18 heavy (non-hydrogen) atoms. The van der Waals surface area contributed by atoms with Crippen LogP contribution in [-0.4, -0.2) is 36.0 Å². The van der Waals surface area contributed by atoms with Crippen LogP contribution in [-0.2, 0) is 14.6 Å². The van der Waals surface area contributed by atoms with E-state index in [-0.39, 0.29) is 6.07 Å². The third-order valence-electron chi connectivity index (χ3n) is 2.08. The third kappa shape index (κ3) is 2.41. The third-order valence-corrected chi connectivity index (χ3v) is 3.19. The van der Waals surface area contributed by atoms with Gasteiger partial charge in [-0.25, -0.2) is 22.0 Å². The van der Waals surface area contributed by atoms with Gasteiger partial charge in [0.2, 0.25) is 0 Å². The second-order valence-electron chi connectivity index (χ2n) is 3.45. The fourth-order valence-corrected chi connectivity index (χ4v) is 2.13. The van der Waals surface area contributed by atoms with Gasteiger partial charge in [-0.1, -0.05) is 0 Å². The molecule has 0 fully saturated rings. The van der Waals surface area contributed by atoms with Crippen molar-refractivity contribution in [1.29, 1.82) is 0 Å². The molecule has 9 heteroatoms. The van der Waals surface area contributed by atoms with Crippen molar-refractivity contribution in [3.63, 3.8) is 0 Å². The maximum absolute atomic E-state index is 13.5. The molecule has 1 aromatic carbocycles. The lowest BCUT2D eigenvalue weighted by Gasteiger charge is -2.12. The summed E-state index contributed by atoms with van der Waals surface area (Å²) in [5, 5.41) is 26.8. The molecule has 0 saturated carbocycles. The van der Waals surface area contributed by atoms with Gasteiger partial charge in [0.15, 0.2) is 27.5 Å². The number of hydrogen-bond acceptors (Lipinski definition) is 5. The van der Waals surface area contributed by atoms with E-state index >= 15 is 0 Å². The normalized spacial score (nSPS) is 13.3. The minimum atomic E-state index is -4.29. The maximum atomic E-state index is 13.5. The van der Waals surface area contributed by atoms with E-state index in [1.165, 1.54) is 0 Å². The Morgan fingerprint density at radius 2 is 1.89 bits per heavy atom. The fraction of sp³-hybridized carbons (Fsp3) is 0.222. The van der Waals surface area contributed by atoms with E-state index in [0.717, 1.165) is 0 Å². The Balaban J connectivity index is 3.62. The number of halogens is 2. The maximum Gasteiger partial charge on any atom is 0.337 e. The van der Waals surface area contributed by atoms with Crippen molar-refractivity contribution < 1.29 is 37.3 Å². The second-order valence-corrected chi connectivity index (χ2v) is 5.40. The lowest BCUT2D eigenvalue weighted by atomic mass is 10.1. The monoisotopic (exact) mass is 282 g/mol. The summed E-state index contributed by atoms with van der Waals surface area (Å²) < 4.78 is 49.0. The lowest BCUT2D eigenvalue weighted by Crippen LogP contribution is -2.13. The molecule has 0 aliphatic rings. The van der Waals surface area contributed by atoms with E-state index in [1.54, 1.807) is 0 Å². The summed E-state index contributed by atoms with van der Waals surface area (Å²) >= 11 is 0. The van der Waals surface area contributed by atoms with Crippen molar-refractivity contribution in [3.8, 4) is 5.75 Å². The van der Waals surface area contributed by atoms with E-state index in [4.69, 9.17) is 10.2 Å². The van der Waals surface area contributed by atoms with Crippen molar-refractivity contribution in [2.24, 2.45) is 0 Å². The molecule has 100 valence electrons. The van der Waals surface area contributed by atoms with Gasteiger partial charge in [0.05, 0.1) is 0 Å². The van der Waals surface area contributed by atoms with Crippen LogP contribution in [0.3, 0.4) is 0 Å². The molecule has 0 aromatic heterocycles. The summed E-state index contributed by atoms with van der Waals surface area (Å²) in [4.78, 5) is 9.04. The molecule has 3 N–H and O–H groups in total. The van der Waals surface area contributed by atoms with Gasteiger partial charge in [-0.15, -0.1) is 0 Å². The van der Waals surface area contributed by atoms with Gasteiger partial charge in [-0.2, -0.15) is 0 Å². The largest absolute Gasteiger partial charge is 0.505 e. The average molecular weight is 282 g/mol. The Labute approximate surface area is 100 Å². The molecule has 0 amide bonds. The van der Waals surface area contributed by atoms with Crippen LogP contribution in [0.1, 0.15) is 11.7 Å². The molecule has 6 nitrogen and oxygen atoms in total. The Morgan fingerprint density at radius 3 is 2.28 bits per heavy atom. The number of carboxylic acids is 1. The van der Waals surface area contributed by atoms with Crippen LogP contribution in [0, 0.1) is 11.6 Å². The van der Waals surface area contributed by atoms with Gasteiger partial charge in [0.25, 0.3) is 0 Å². The minimum absolute atomic E-state index is 0.258. The molecule has 0 aliphatic heterocycles. The summed E-state index contributed by atoms with van der Waals surface area (Å²) in [6, 6.07) is 0.258. The molecule has 0 aliphatic carbocycles. The molecule has 0 saturated heterocycles. The van der Waals surface area contributed by atoms with Crippen molar-refractivity contribution in [1.82, 2.24) is 0 Å². The van der Waals surface area contributed by atoms with Crippen LogP contribution in [0.25, 0.3) is 0 Å². The smallest absolute Gasteiger partial charge is 0.337 e. The fourth-order valence-electron chi connectivity index (χ4n) is 1.29. The Bertz CT molecular complexity index is 610. The molecule has 0 spiro atoms. The van der Waals surface area contributed by atoms with E-state index in [0.29, 0.717) is 6.26 Å². The van der Waals surface area contributed by atoms with Crippen LogP contribution in [0.5, 0.6) is 5.75 Å². The van der Waals surface area contributed by atoms with Crippen molar-refractivity contribution in [2.45, 2.75) is 11.0 Å². The number of aliphatic hydroxyl groups excluding tert-OH is 1. The highest BCUT2D eigenvalue weighted by molar-refractivity contribution is 7.90. The van der Waals surface area contributed by atoms with Gasteiger partial charge >= 0.3 is 5.97 Å². The van der Waals surface area contributed by atoms with Crippen LogP contribution >= 0.6 is 0 Å². The van der Waals surface area contributed by atoms with Crippen LogP contribution in [0.15, 0.2) is 11.0 Å². The second kappa shape index (κ2) is 4.50. The molecule has 1 rings (SSSR count). The Morgan fingerprint density at radius 1 is 1.39 bits per heavy atom. The average Bonchev–Trinajstić information content (AvgIpc) is 2.20. The SMILES string of the molecule is CS(=O)(=O)c1c(F)cc(C(O)C(=O)O)c(O)c1F. The van der Waals surface area contributed by atoms with Gasteiger partial charge in [0, 0.05) is 11.8 Å². The summed E-state index contributed by atoms with van der Waals surface area (Å²) in [6.45, 7) is 0. The number of sulfone groups is 1. The zero-order valence-electron chi connectivity index (χ0n) is 8.89. The number of aliphatic hydroxyl groups is 1. The molecule has 1 aromatic rings. The number of rotatable bonds is 3. The lowest BCUT2D eigenvalue weighted by molar-refractivity contribution is -0.147. The van der Waals surface area contributed by atoms with Crippen molar-refractivity contribution in [2.75, 3.05) is 6.26 Å². The van der Waals surface area contributed by atoms with E-state index in [9.17, 15) is 27.1 Å². The van der Waals surface area contributed by atoms with E-state index in [1.807, 2.05) is 0 Å².